The van der Waals surface area contributed by atoms with E-state index in [9.17, 15) is 4.79 Å². The summed E-state index contributed by atoms with van der Waals surface area (Å²) >= 11 is 0. The molecule has 0 saturated carbocycles. The van der Waals surface area contributed by atoms with Crippen molar-refractivity contribution < 1.29 is 9.53 Å². The van der Waals surface area contributed by atoms with Gasteiger partial charge in [0, 0.05) is 19.3 Å². The van der Waals surface area contributed by atoms with Crippen LogP contribution >= 0.6 is 0 Å². The van der Waals surface area contributed by atoms with Crippen LogP contribution in [0.4, 0.5) is 0 Å². The molecule has 1 saturated heterocycles. The van der Waals surface area contributed by atoms with E-state index >= 15 is 0 Å². The van der Waals surface area contributed by atoms with Crippen LogP contribution in [0.2, 0.25) is 0 Å². The minimum absolute atomic E-state index is 0.147. The van der Waals surface area contributed by atoms with Crippen molar-refractivity contribution in [2.75, 3.05) is 33.4 Å². The number of ether oxygens (including phenoxy) is 1. The Morgan fingerprint density at radius 2 is 2.53 bits per heavy atom. The second-order valence-electron chi connectivity index (χ2n) is 4.79. The van der Waals surface area contributed by atoms with Crippen LogP contribution in [-0.2, 0) is 4.74 Å². The number of ketones is 1. The first-order chi connectivity index (χ1) is 8.25. The van der Waals surface area contributed by atoms with E-state index in [0.29, 0.717) is 18.2 Å². The quantitative estimate of drug-likeness (QED) is 0.789. The zero-order valence-corrected chi connectivity index (χ0v) is 10.3. The molecule has 0 radical (unpaired) electrons. The molecule has 2 heterocycles. The summed E-state index contributed by atoms with van der Waals surface area (Å²) < 4.78 is 5.44. The lowest BCUT2D eigenvalue weighted by Gasteiger charge is -2.26. The molecule has 1 unspecified atom stereocenters. The molecule has 2 rings (SSSR count). The monoisotopic (exact) mass is 236 g/mol. The van der Waals surface area contributed by atoms with Crippen LogP contribution in [0.5, 0.6) is 0 Å². The van der Waals surface area contributed by atoms with Gasteiger partial charge >= 0.3 is 0 Å². The summed E-state index contributed by atoms with van der Waals surface area (Å²) in [7, 11) is 2.00. The molecule has 94 valence electrons. The van der Waals surface area contributed by atoms with Gasteiger partial charge in [-0.15, -0.1) is 0 Å². The molecular formula is C13H20N2O2. The van der Waals surface area contributed by atoms with E-state index in [1.54, 1.807) is 6.20 Å². The molecule has 1 aromatic rings. The highest BCUT2D eigenvalue weighted by Crippen LogP contribution is 2.14. The summed E-state index contributed by atoms with van der Waals surface area (Å²) in [6.45, 7) is 3.13. The number of hydrogen-bond donors (Lipinski definition) is 1. The van der Waals surface area contributed by atoms with E-state index in [2.05, 4.69) is 9.88 Å². The Morgan fingerprint density at radius 1 is 1.65 bits per heavy atom. The molecular weight excluding hydrogens is 216 g/mol. The van der Waals surface area contributed by atoms with Crippen LogP contribution in [0.3, 0.4) is 0 Å². The Morgan fingerprint density at radius 3 is 3.18 bits per heavy atom. The second-order valence-corrected chi connectivity index (χ2v) is 4.79. The number of aromatic nitrogens is 1. The normalized spacial score (nSPS) is 20.7. The van der Waals surface area contributed by atoms with E-state index < -0.39 is 0 Å². The first-order valence-electron chi connectivity index (χ1n) is 6.18. The largest absolute Gasteiger partial charge is 0.381 e. The van der Waals surface area contributed by atoms with Gasteiger partial charge in [0.1, 0.15) is 0 Å². The van der Waals surface area contributed by atoms with Crippen molar-refractivity contribution in [3.63, 3.8) is 0 Å². The lowest BCUT2D eigenvalue weighted by atomic mass is 10.0. The molecule has 4 heteroatoms. The SMILES string of the molecule is CN(CC(=O)c1ccc[nH]1)CC1CCCOC1. The highest BCUT2D eigenvalue weighted by molar-refractivity contribution is 5.95. The molecule has 1 atom stereocenters. The van der Waals surface area contributed by atoms with Crippen LogP contribution in [0.1, 0.15) is 23.3 Å². The van der Waals surface area contributed by atoms with Crippen molar-refractivity contribution in [3.8, 4) is 0 Å². The van der Waals surface area contributed by atoms with Gasteiger partial charge in [-0.05, 0) is 37.9 Å². The number of rotatable bonds is 5. The molecule has 1 fully saturated rings. The molecule has 17 heavy (non-hydrogen) atoms. The van der Waals surface area contributed by atoms with E-state index in [0.717, 1.165) is 26.2 Å². The summed E-state index contributed by atoms with van der Waals surface area (Å²) in [6.07, 6.45) is 4.13. The number of nitrogens with zero attached hydrogens (tertiary/aromatic N) is 1. The second kappa shape index (κ2) is 5.98. The van der Waals surface area contributed by atoms with Crippen molar-refractivity contribution in [1.29, 1.82) is 0 Å². The molecule has 0 amide bonds. The van der Waals surface area contributed by atoms with Gasteiger partial charge in [-0.25, -0.2) is 0 Å². The number of Topliss-reactive ketones (excluding diaryl/α,β-unsaturated/α-hetero) is 1. The molecule has 1 aliphatic heterocycles. The molecule has 0 aliphatic carbocycles. The number of likely N-dealkylation sites (N-methyl/N-ethyl adjacent to an activating group) is 1. The van der Waals surface area contributed by atoms with Gasteiger partial charge in [-0.1, -0.05) is 0 Å². The fourth-order valence-corrected chi connectivity index (χ4v) is 2.29. The topological polar surface area (TPSA) is 45.3 Å². The summed E-state index contributed by atoms with van der Waals surface area (Å²) in [6, 6.07) is 3.67. The smallest absolute Gasteiger partial charge is 0.192 e. The summed E-state index contributed by atoms with van der Waals surface area (Å²) in [5.41, 5.74) is 0.691. The van der Waals surface area contributed by atoms with Crippen LogP contribution in [0, 0.1) is 5.92 Å². The number of aromatic amines is 1. The Hall–Kier alpha value is -1.13. The molecule has 4 nitrogen and oxygen atoms in total. The van der Waals surface area contributed by atoms with Crippen LogP contribution < -0.4 is 0 Å². The first-order valence-corrected chi connectivity index (χ1v) is 6.18. The predicted molar refractivity (Wildman–Crippen MR) is 66.2 cm³/mol. The minimum atomic E-state index is 0.147. The van der Waals surface area contributed by atoms with Gasteiger partial charge in [0.05, 0.1) is 18.8 Å². The lowest BCUT2D eigenvalue weighted by Crippen LogP contribution is -2.34. The van der Waals surface area contributed by atoms with Crippen molar-refractivity contribution in [3.05, 3.63) is 24.0 Å². The fraction of sp³-hybridized carbons (Fsp3) is 0.615. The van der Waals surface area contributed by atoms with E-state index in [1.165, 1.54) is 6.42 Å². The third-order valence-electron chi connectivity index (χ3n) is 3.14. The minimum Gasteiger partial charge on any atom is -0.381 e. The Labute approximate surface area is 102 Å². The van der Waals surface area contributed by atoms with Gasteiger partial charge < -0.3 is 9.72 Å². The molecule has 0 spiro atoms. The molecule has 1 N–H and O–H groups in total. The number of carbonyl (C=O) groups excluding carboxylic acids is 1. The van der Waals surface area contributed by atoms with Crippen LogP contribution in [0.15, 0.2) is 18.3 Å². The van der Waals surface area contributed by atoms with Gasteiger partial charge in [0.25, 0.3) is 0 Å². The van der Waals surface area contributed by atoms with Gasteiger partial charge in [-0.2, -0.15) is 0 Å². The maximum atomic E-state index is 11.9. The number of H-pyrrole nitrogens is 1. The molecule has 0 bridgehead atoms. The summed E-state index contributed by atoms with van der Waals surface area (Å²) in [5, 5.41) is 0. The zero-order valence-electron chi connectivity index (χ0n) is 10.3. The standard InChI is InChI=1S/C13H20N2O2/c1-15(8-11-4-3-7-17-10-11)9-13(16)12-5-2-6-14-12/h2,5-6,11,14H,3-4,7-10H2,1H3. The van der Waals surface area contributed by atoms with Crippen molar-refractivity contribution in [2.24, 2.45) is 5.92 Å². The van der Waals surface area contributed by atoms with E-state index in [-0.39, 0.29) is 5.78 Å². The molecule has 1 aromatic heterocycles. The molecule has 1 aliphatic rings. The highest BCUT2D eigenvalue weighted by Gasteiger charge is 2.17. The summed E-state index contributed by atoms with van der Waals surface area (Å²) in [4.78, 5) is 16.9. The third-order valence-corrected chi connectivity index (χ3v) is 3.14. The van der Waals surface area contributed by atoms with Gasteiger partial charge in [0.2, 0.25) is 0 Å². The Kier molecular flexibility index (Phi) is 4.34. The van der Waals surface area contributed by atoms with Crippen molar-refractivity contribution in [1.82, 2.24) is 9.88 Å². The van der Waals surface area contributed by atoms with Crippen molar-refractivity contribution >= 4 is 5.78 Å². The molecule has 0 aromatic carbocycles. The van der Waals surface area contributed by atoms with E-state index in [1.807, 2.05) is 19.2 Å². The zero-order chi connectivity index (χ0) is 12.1. The fourth-order valence-electron chi connectivity index (χ4n) is 2.29. The third kappa shape index (κ3) is 3.68. The Bertz CT molecular complexity index is 342. The number of carbonyl (C=O) groups is 1. The van der Waals surface area contributed by atoms with Crippen LogP contribution in [0.25, 0.3) is 0 Å². The van der Waals surface area contributed by atoms with Gasteiger partial charge in [-0.3, -0.25) is 9.69 Å². The highest BCUT2D eigenvalue weighted by atomic mass is 16.5. The summed E-state index contributed by atoms with van der Waals surface area (Å²) in [5.74, 6) is 0.722. The average Bonchev–Trinajstić information content (AvgIpc) is 2.83. The van der Waals surface area contributed by atoms with Crippen LogP contribution in [-0.4, -0.2) is 49.0 Å². The van der Waals surface area contributed by atoms with Crippen molar-refractivity contribution in [2.45, 2.75) is 12.8 Å². The lowest BCUT2D eigenvalue weighted by molar-refractivity contribution is 0.0416. The maximum Gasteiger partial charge on any atom is 0.192 e. The number of hydrogen-bond acceptors (Lipinski definition) is 3. The van der Waals surface area contributed by atoms with E-state index in [4.69, 9.17) is 4.74 Å². The number of nitrogens with one attached hydrogen (secondary N) is 1. The Balaban J connectivity index is 1.76. The average molecular weight is 236 g/mol. The van der Waals surface area contributed by atoms with Gasteiger partial charge in [0.15, 0.2) is 5.78 Å². The first kappa shape index (κ1) is 12.3. The predicted octanol–water partition coefficient (Wildman–Crippen LogP) is 1.56. The maximum absolute atomic E-state index is 11.9.